The van der Waals surface area contributed by atoms with Crippen LogP contribution in [0.25, 0.3) is 5.57 Å². The maximum Gasteiger partial charge on any atom is 0.471 e. The lowest BCUT2D eigenvalue weighted by atomic mass is 10.1. The van der Waals surface area contributed by atoms with Crippen LogP contribution >= 0.6 is 7.82 Å². The summed E-state index contributed by atoms with van der Waals surface area (Å²) in [6.45, 7) is -0.0859. The van der Waals surface area contributed by atoms with Crippen molar-refractivity contribution in [3.63, 3.8) is 0 Å². The molecule has 12 heteroatoms. The first-order valence-corrected chi connectivity index (χ1v) is 11.9. The standard InChI is InChI=1S/C23H24F2N3O6P/c24-19-7-8-21(25)23(11-19)32-14-17-5-3-16(4-6-17)10-20-12-22(34-28-20)18(13-26)2-1-9-27-15-33-35(29,30)31/h1-9,11-12,27H,10,13-15,26H2,(H2,29,30,31)/b9-1-,18-2+. The van der Waals surface area contributed by atoms with Crippen LogP contribution in [0.15, 0.2) is 71.4 Å². The highest BCUT2D eigenvalue weighted by atomic mass is 31.2. The molecule has 0 aliphatic heterocycles. The van der Waals surface area contributed by atoms with Crippen LogP contribution in [0.2, 0.25) is 0 Å². The van der Waals surface area contributed by atoms with Crippen LogP contribution in [0.5, 0.6) is 5.75 Å². The molecule has 3 rings (SSSR count). The lowest BCUT2D eigenvalue weighted by Crippen LogP contribution is -2.09. The summed E-state index contributed by atoms with van der Waals surface area (Å²) in [4.78, 5) is 17.2. The van der Waals surface area contributed by atoms with Gasteiger partial charge in [0, 0.05) is 30.7 Å². The van der Waals surface area contributed by atoms with Gasteiger partial charge < -0.3 is 30.1 Å². The molecule has 0 spiro atoms. The monoisotopic (exact) mass is 507 g/mol. The van der Waals surface area contributed by atoms with E-state index in [1.54, 1.807) is 18.2 Å². The molecule has 0 aliphatic rings. The minimum absolute atomic E-state index is 0.0905. The number of phosphoric ester groups is 1. The lowest BCUT2D eigenvalue weighted by Gasteiger charge is -2.08. The molecule has 186 valence electrons. The largest absolute Gasteiger partial charge is 0.486 e. The van der Waals surface area contributed by atoms with E-state index in [0.717, 1.165) is 29.3 Å². The number of ether oxygens (including phenoxy) is 1. The number of nitrogens with one attached hydrogen (secondary N) is 1. The quantitative estimate of drug-likeness (QED) is 0.125. The van der Waals surface area contributed by atoms with Gasteiger partial charge in [0.05, 0.1) is 5.69 Å². The summed E-state index contributed by atoms with van der Waals surface area (Å²) in [5.41, 5.74) is 8.87. The van der Waals surface area contributed by atoms with Crippen molar-refractivity contribution in [2.24, 2.45) is 5.73 Å². The van der Waals surface area contributed by atoms with Crippen molar-refractivity contribution in [3.8, 4) is 5.75 Å². The average Bonchev–Trinajstić information content (AvgIpc) is 3.27. The Morgan fingerprint density at radius 3 is 2.60 bits per heavy atom. The van der Waals surface area contributed by atoms with Crippen molar-refractivity contribution in [1.29, 1.82) is 0 Å². The number of benzene rings is 2. The maximum atomic E-state index is 13.7. The van der Waals surface area contributed by atoms with Gasteiger partial charge in [-0.05, 0) is 35.5 Å². The molecule has 9 nitrogen and oxygen atoms in total. The van der Waals surface area contributed by atoms with E-state index in [0.29, 0.717) is 23.4 Å². The number of hydrogen-bond acceptors (Lipinski definition) is 7. The van der Waals surface area contributed by atoms with Gasteiger partial charge in [0.2, 0.25) is 0 Å². The molecule has 0 fully saturated rings. The van der Waals surface area contributed by atoms with Crippen molar-refractivity contribution in [3.05, 3.63) is 101 Å². The van der Waals surface area contributed by atoms with Crippen molar-refractivity contribution < 1.29 is 36.9 Å². The number of hydrogen-bond donors (Lipinski definition) is 4. The van der Waals surface area contributed by atoms with E-state index < -0.39 is 19.5 Å². The van der Waals surface area contributed by atoms with Crippen molar-refractivity contribution in [1.82, 2.24) is 10.5 Å². The molecule has 1 aromatic heterocycles. The Balaban J connectivity index is 1.53. The van der Waals surface area contributed by atoms with Crippen LogP contribution in [0, 0.1) is 11.6 Å². The van der Waals surface area contributed by atoms with Crippen LogP contribution < -0.4 is 15.8 Å². The number of rotatable bonds is 12. The fourth-order valence-corrected chi connectivity index (χ4v) is 3.15. The summed E-state index contributed by atoms with van der Waals surface area (Å²) in [6.07, 6.45) is 5.20. The summed E-state index contributed by atoms with van der Waals surface area (Å²) >= 11 is 0. The molecule has 3 aromatic rings. The summed E-state index contributed by atoms with van der Waals surface area (Å²) < 4.78 is 52.5. The molecule has 5 N–H and O–H groups in total. The molecule has 0 amide bonds. The van der Waals surface area contributed by atoms with E-state index in [1.165, 1.54) is 6.20 Å². The van der Waals surface area contributed by atoms with Gasteiger partial charge in [-0.3, -0.25) is 4.52 Å². The number of allylic oxidation sites excluding steroid dienone is 2. The highest BCUT2D eigenvalue weighted by Crippen LogP contribution is 2.34. The van der Waals surface area contributed by atoms with Crippen LogP contribution in [0.1, 0.15) is 22.6 Å². The van der Waals surface area contributed by atoms with E-state index in [9.17, 15) is 13.3 Å². The second kappa shape index (κ2) is 12.4. The van der Waals surface area contributed by atoms with Crippen LogP contribution in [-0.2, 0) is 22.1 Å². The minimum Gasteiger partial charge on any atom is -0.486 e. The summed E-state index contributed by atoms with van der Waals surface area (Å²) in [7, 11) is -4.52. The molecule has 0 radical (unpaired) electrons. The van der Waals surface area contributed by atoms with Crippen molar-refractivity contribution in [2.75, 3.05) is 13.3 Å². The van der Waals surface area contributed by atoms with Gasteiger partial charge in [-0.2, -0.15) is 0 Å². The predicted molar refractivity (Wildman–Crippen MR) is 124 cm³/mol. The fraction of sp³-hybridized carbons (Fsp3) is 0.174. The molecular weight excluding hydrogens is 483 g/mol. The van der Waals surface area contributed by atoms with Gasteiger partial charge >= 0.3 is 7.82 Å². The fourth-order valence-electron chi connectivity index (χ4n) is 2.91. The highest BCUT2D eigenvalue weighted by molar-refractivity contribution is 7.46. The molecule has 0 unspecified atom stereocenters. The van der Waals surface area contributed by atoms with E-state index in [2.05, 4.69) is 15.0 Å². The average molecular weight is 507 g/mol. The topological polar surface area (TPSA) is 140 Å². The Morgan fingerprint density at radius 1 is 1.14 bits per heavy atom. The Morgan fingerprint density at radius 2 is 1.89 bits per heavy atom. The van der Waals surface area contributed by atoms with E-state index in [-0.39, 0.29) is 25.6 Å². The molecule has 35 heavy (non-hydrogen) atoms. The van der Waals surface area contributed by atoms with Crippen molar-refractivity contribution >= 4 is 13.4 Å². The summed E-state index contributed by atoms with van der Waals surface area (Å²) in [5.74, 6) is -0.859. The summed E-state index contributed by atoms with van der Waals surface area (Å²) in [6, 6.07) is 12.2. The van der Waals surface area contributed by atoms with Gasteiger partial charge in [0.1, 0.15) is 19.2 Å². The molecule has 0 atom stereocenters. The van der Waals surface area contributed by atoms with Gasteiger partial charge in [-0.25, -0.2) is 13.3 Å². The molecule has 0 saturated heterocycles. The highest BCUT2D eigenvalue weighted by Gasteiger charge is 2.12. The Bertz CT molecular complexity index is 1220. The van der Waals surface area contributed by atoms with E-state index in [4.69, 9.17) is 24.8 Å². The number of phosphoric acid groups is 1. The van der Waals surface area contributed by atoms with E-state index >= 15 is 0 Å². The number of halogens is 2. The zero-order valence-corrected chi connectivity index (χ0v) is 19.3. The molecule has 0 saturated carbocycles. The SMILES string of the molecule is NC/C(=C\C=C/NCOP(=O)(O)O)c1cc(Cc2ccc(COc3cc(F)ccc3F)cc2)no1. The van der Waals surface area contributed by atoms with Gasteiger partial charge in [-0.1, -0.05) is 35.5 Å². The predicted octanol–water partition coefficient (Wildman–Crippen LogP) is 3.63. The Hall–Kier alpha value is -3.34. The van der Waals surface area contributed by atoms with Crippen LogP contribution in [0.3, 0.4) is 0 Å². The van der Waals surface area contributed by atoms with E-state index in [1.807, 2.05) is 24.3 Å². The van der Waals surface area contributed by atoms with Crippen LogP contribution in [0.4, 0.5) is 8.78 Å². The maximum absolute atomic E-state index is 13.7. The van der Waals surface area contributed by atoms with Crippen molar-refractivity contribution in [2.45, 2.75) is 13.0 Å². The molecule has 2 aromatic carbocycles. The molecule has 0 bridgehead atoms. The summed E-state index contributed by atoms with van der Waals surface area (Å²) in [5, 5.41) is 6.63. The molecular formula is C23H24F2N3O6P. The van der Waals surface area contributed by atoms with Gasteiger partial charge in [0.15, 0.2) is 17.3 Å². The first-order chi connectivity index (χ1) is 16.7. The normalized spacial score (nSPS) is 12.3. The third-order valence-corrected chi connectivity index (χ3v) is 5.08. The second-order valence-corrected chi connectivity index (χ2v) is 8.50. The number of nitrogens with two attached hydrogens (primary N) is 1. The number of aromatic nitrogens is 1. The minimum atomic E-state index is -4.52. The molecule has 1 heterocycles. The lowest BCUT2D eigenvalue weighted by molar-refractivity contribution is 0.191. The first-order valence-electron chi connectivity index (χ1n) is 10.3. The Kier molecular flexibility index (Phi) is 9.30. The van der Waals surface area contributed by atoms with Gasteiger partial charge in [0.25, 0.3) is 0 Å². The molecule has 0 aliphatic carbocycles. The third kappa shape index (κ3) is 8.75. The first kappa shape index (κ1) is 26.3. The Labute approximate surface area is 200 Å². The second-order valence-electron chi connectivity index (χ2n) is 7.26. The zero-order valence-electron chi connectivity index (χ0n) is 18.4. The van der Waals surface area contributed by atoms with Crippen LogP contribution in [-0.4, -0.2) is 28.2 Å². The van der Waals surface area contributed by atoms with Gasteiger partial charge in [-0.15, -0.1) is 0 Å². The smallest absolute Gasteiger partial charge is 0.471 e. The zero-order chi connectivity index (χ0) is 25.3. The third-order valence-electron chi connectivity index (χ3n) is 4.62. The number of nitrogens with zero attached hydrogens (tertiary/aromatic N) is 1.